The van der Waals surface area contributed by atoms with E-state index in [1.807, 2.05) is 18.5 Å². The van der Waals surface area contributed by atoms with E-state index in [1.54, 1.807) is 0 Å². The van der Waals surface area contributed by atoms with Crippen LogP contribution in [0.4, 0.5) is 0 Å². The summed E-state index contributed by atoms with van der Waals surface area (Å²) < 4.78 is 1.89. The summed E-state index contributed by atoms with van der Waals surface area (Å²) in [5.41, 5.74) is 1.81. The standard InChI is InChI=1S/C13H23ClN2O/c1-5-9(3)7-11(17)8-12-13(14)10(4)15-16(12)6-2/h9,11,17H,5-8H2,1-4H3. The molecule has 3 nitrogen and oxygen atoms in total. The molecule has 98 valence electrons. The van der Waals surface area contributed by atoms with Gasteiger partial charge in [0.05, 0.1) is 22.5 Å². The lowest BCUT2D eigenvalue weighted by atomic mass is 9.98. The molecule has 1 aromatic rings. The predicted molar refractivity (Wildman–Crippen MR) is 71.4 cm³/mol. The fourth-order valence-corrected chi connectivity index (χ4v) is 2.21. The van der Waals surface area contributed by atoms with Crippen LogP contribution in [0.1, 0.15) is 45.0 Å². The molecule has 0 aromatic carbocycles. The molecule has 1 heterocycles. The van der Waals surface area contributed by atoms with Crippen molar-refractivity contribution in [3.63, 3.8) is 0 Å². The minimum Gasteiger partial charge on any atom is -0.393 e. The van der Waals surface area contributed by atoms with Crippen LogP contribution in [0.5, 0.6) is 0 Å². The molecule has 0 aliphatic heterocycles. The Morgan fingerprint density at radius 3 is 2.59 bits per heavy atom. The van der Waals surface area contributed by atoms with E-state index < -0.39 is 0 Å². The molecule has 0 radical (unpaired) electrons. The van der Waals surface area contributed by atoms with Crippen molar-refractivity contribution in [3.8, 4) is 0 Å². The van der Waals surface area contributed by atoms with Gasteiger partial charge in [-0.2, -0.15) is 5.10 Å². The average molecular weight is 259 g/mol. The Kier molecular flexibility index (Phi) is 5.47. The Bertz CT molecular complexity index is 363. The second kappa shape index (κ2) is 6.41. The molecular weight excluding hydrogens is 236 g/mol. The van der Waals surface area contributed by atoms with Gasteiger partial charge in [-0.3, -0.25) is 4.68 Å². The number of nitrogens with zero attached hydrogens (tertiary/aromatic N) is 2. The third-order valence-corrected chi connectivity index (χ3v) is 3.74. The lowest BCUT2D eigenvalue weighted by molar-refractivity contribution is 0.142. The highest BCUT2D eigenvalue weighted by atomic mass is 35.5. The predicted octanol–water partition coefficient (Wildman–Crippen LogP) is 3.20. The molecule has 0 aliphatic carbocycles. The third-order valence-electron chi connectivity index (χ3n) is 3.25. The third kappa shape index (κ3) is 3.71. The van der Waals surface area contributed by atoms with Gasteiger partial charge < -0.3 is 5.11 Å². The summed E-state index contributed by atoms with van der Waals surface area (Å²) in [5, 5.41) is 15.1. The topological polar surface area (TPSA) is 38.1 Å². The molecule has 17 heavy (non-hydrogen) atoms. The zero-order valence-electron chi connectivity index (χ0n) is 11.2. The smallest absolute Gasteiger partial charge is 0.0848 e. The molecule has 2 unspecified atom stereocenters. The summed E-state index contributed by atoms with van der Waals surface area (Å²) in [7, 11) is 0. The maximum atomic E-state index is 10.1. The van der Waals surface area contributed by atoms with Crippen molar-refractivity contribution in [1.82, 2.24) is 9.78 Å². The first kappa shape index (κ1) is 14.5. The van der Waals surface area contributed by atoms with Crippen LogP contribution < -0.4 is 0 Å². The average Bonchev–Trinajstić information content (AvgIpc) is 2.56. The highest BCUT2D eigenvalue weighted by Gasteiger charge is 2.17. The van der Waals surface area contributed by atoms with E-state index in [0.717, 1.165) is 30.8 Å². The molecular formula is C13H23ClN2O. The lowest BCUT2D eigenvalue weighted by Gasteiger charge is -2.15. The number of rotatable bonds is 6. The Labute approximate surface area is 109 Å². The highest BCUT2D eigenvalue weighted by Crippen LogP contribution is 2.23. The molecule has 0 fully saturated rings. The molecule has 0 bridgehead atoms. The summed E-state index contributed by atoms with van der Waals surface area (Å²) >= 11 is 6.21. The summed E-state index contributed by atoms with van der Waals surface area (Å²) in [6, 6.07) is 0. The number of aliphatic hydroxyl groups excluding tert-OH is 1. The van der Waals surface area contributed by atoms with Crippen LogP contribution >= 0.6 is 11.6 Å². The minimum absolute atomic E-state index is 0.330. The molecule has 4 heteroatoms. The van der Waals surface area contributed by atoms with Crippen LogP contribution in [0.2, 0.25) is 5.02 Å². The van der Waals surface area contributed by atoms with Crippen molar-refractivity contribution in [2.75, 3.05) is 0 Å². The van der Waals surface area contributed by atoms with E-state index in [9.17, 15) is 5.11 Å². The molecule has 1 aromatic heterocycles. The number of hydrogen-bond acceptors (Lipinski definition) is 2. The van der Waals surface area contributed by atoms with Crippen LogP contribution in [-0.4, -0.2) is 21.0 Å². The Hall–Kier alpha value is -0.540. The Balaban J connectivity index is 2.73. The highest BCUT2D eigenvalue weighted by molar-refractivity contribution is 6.31. The van der Waals surface area contributed by atoms with Gasteiger partial charge in [-0.05, 0) is 26.2 Å². The summed E-state index contributed by atoms with van der Waals surface area (Å²) in [4.78, 5) is 0. The zero-order valence-corrected chi connectivity index (χ0v) is 12.0. The molecule has 1 N–H and O–H groups in total. The van der Waals surface area contributed by atoms with Crippen LogP contribution in [-0.2, 0) is 13.0 Å². The van der Waals surface area contributed by atoms with E-state index in [1.165, 1.54) is 0 Å². The minimum atomic E-state index is -0.330. The fraction of sp³-hybridized carbons (Fsp3) is 0.769. The van der Waals surface area contributed by atoms with Crippen molar-refractivity contribution in [1.29, 1.82) is 0 Å². The maximum absolute atomic E-state index is 10.1. The lowest BCUT2D eigenvalue weighted by Crippen LogP contribution is -2.17. The first-order valence-corrected chi connectivity index (χ1v) is 6.77. The Morgan fingerprint density at radius 1 is 1.41 bits per heavy atom. The first-order chi connectivity index (χ1) is 7.99. The summed E-state index contributed by atoms with van der Waals surface area (Å²) in [6.07, 6.45) is 2.18. The first-order valence-electron chi connectivity index (χ1n) is 6.39. The molecule has 1 rings (SSSR count). The SMILES string of the molecule is CCC(C)CC(O)Cc1c(Cl)c(C)nn1CC. The van der Waals surface area contributed by atoms with Crippen molar-refractivity contribution < 1.29 is 5.11 Å². The number of halogens is 1. The normalized spacial score (nSPS) is 14.9. The van der Waals surface area contributed by atoms with Gasteiger partial charge in [0.2, 0.25) is 0 Å². The van der Waals surface area contributed by atoms with E-state index in [0.29, 0.717) is 17.4 Å². The zero-order chi connectivity index (χ0) is 13.0. The summed E-state index contributed by atoms with van der Waals surface area (Å²) in [5.74, 6) is 0.544. The maximum Gasteiger partial charge on any atom is 0.0848 e. The fourth-order valence-electron chi connectivity index (χ4n) is 2.00. The van der Waals surface area contributed by atoms with Crippen molar-refractivity contribution in [2.24, 2.45) is 5.92 Å². The van der Waals surface area contributed by atoms with Crippen molar-refractivity contribution in [3.05, 3.63) is 16.4 Å². The van der Waals surface area contributed by atoms with Gasteiger partial charge in [-0.1, -0.05) is 31.9 Å². The number of aromatic nitrogens is 2. The van der Waals surface area contributed by atoms with Crippen LogP contribution in [0.3, 0.4) is 0 Å². The second-order valence-corrected chi connectivity index (χ2v) is 5.15. The van der Waals surface area contributed by atoms with Crippen molar-refractivity contribution >= 4 is 11.6 Å². The van der Waals surface area contributed by atoms with Crippen molar-refractivity contribution in [2.45, 2.75) is 59.6 Å². The van der Waals surface area contributed by atoms with Gasteiger partial charge in [-0.15, -0.1) is 0 Å². The second-order valence-electron chi connectivity index (χ2n) is 4.77. The van der Waals surface area contributed by atoms with E-state index in [4.69, 9.17) is 11.6 Å². The number of aryl methyl sites for hydroxylation is 2. The van der Waals surface area contributed by atoms with E-state index >= 15 is 0 Å². The number of hydrogen-bond donors (Lipinski definition) is 1. The monoisotopic (exact) mass is 258 g/mol. The van der Waals surface area contributed by atoms with E-state index in [2.05, 4.69) is 18.9 Å². The number of aliphatic hydroxyl groups is 1. The molecule has 0 aliphatic rings. The van der Waals surface area contributed by atoms with Gasteiger partial charge in [0.25, 0.3) is 0 Å². The van der Waals surface area contributed by atoms with Crippen LogP contribution in [0.25, 0.3) is 0 Å². The van der Waals surface area contributed by atoms with Gasteiger partial charge in [0.1, 0.15) is 0 Å². The molecule has 0 amide bonds. The van der Waals surface area contributed by atoms with Gasteiger partial charge in [0.15, 0.2) is 0 Å². The molecule has 2 atom stereocenters. The quantitative estimate of drug-likeness (QED) is 0.851. The summed E-state index contributed by atoms with van der Waals surface area (Å²) in [6.45, 7) is 9.03. The van der Waals surface area contributed by atoms with Gasteiger partial charge >= 0.3 is 0 Å². The van der Waals surface area contributed by atoms with Crippen LogP contribution in [0, 0.1) is 12.8 Å². The molecule has 0 spiro atoms. The van der Waals surface area contributed by atoms with Crippen LogP contribution in [0.15, 0.2) is 0 Å². The van der Waals surface area contributed by atoms with Gasteiger partial charge in [-0.25, -0.2) is 0 Å². The Morgan fingerprint density at radius 2 is 2.06 bits per heavy atom. The largest absolute Gasteiger partial charge is 0.393 e. The molecule has 0 saturated heterocycles. The van der Waals surface area contributed by atoms with Gasteiger partial charge in [0, 0.05) is 13.0 Å². The molecule has 0 saturated carbocycles. The van der Waals surface area contributed by atoms with E-state index in [-0.39, 0.29) is 6.10 Å².